The minimum atomic E-state index is -1.53. The van der Waals surface area contributed by atoms with Gasteiger partial charge in [0, 0.05) is 23.0 Å². The Balaban J connectivity index is 1.84. The summed E-state index contributed by atoms with van der Waals surface area (Å²) in [5, 5.41) is 22.1. The molecule has 39 heavy (non-hydrogen) atoms. The molecule has 1 aromatic heterocycles. The summed E-state index contributed by atoms with van der Waals surface area (Å²) in [6.07, 6.45) is 4.22. The lowest BCUT2D eigenvalue weighted by Crippen LogP contribution is -2.38. The molecule has 208 valence electrons. The first-order chi connectivity index (χ1) is 18.5. The average Bonchev–Trinajstić information content (AvgIpc) is 3.19. The zero-order chi connectivity index (χ0) is 28.1. The maximum Gasteiger partial charge on any atom is 0.352 e. The van der Waals surface area contributed by atoms with Crippen LogP contribution in [0.3, 0.4) is 0 Å². The zero-order valence-electron chi connectivity index (χ0n) is 23.2. The topological polar surface area (TPSA) is 107 Å². The van der Waals surface area contributed by atoms with Gasteiger partial charge in [0.1, 0.15) is 16.8 Å². The number of aromatic nitrogens is 1. The number of fused-ring (bicyclic) bond motifs is 5. The van der Waals surface area contributed by atoms with Crippen molar-refractivity contribution in [3.05, 3.63) is 53.1 Å². The van der Waals surface area contributed by atoms with Gasteiger partial charge in [-0.1, -0.05) is 25.3 Å². The molecule has 8 nitrogen and oxygen atoms in total. The van der Waals surface area contributed by atoms with Gasteiger partial charge < -0.3 is 24.0 Å². The number of aliphatic hydroxyl groups excluding tert-OH is 1. The molecule has 0 spiro atoms. The Hall–Kier alpha value is -3.36. The van der Waals surface area contributed by atoms with Crippen LogP contribution >= 0.6 is 0 Å². The zero-order valence-corrected chi connectivity index (χ0v) is 23.2. The summed E-state index contributed by atoms with van der Waals surface area (Å²) in [6.45, 7) is 7.09. The molecule has 0 unspecified atom stereocenters. The SMILES string of the molecule is COc1ccc2c(c1)[C@H](O)[C@@](C)(C(=O)OO)Cn1c-2c(C2CCCCC2)c2ccc(C(=O)OC(C)(C)C)cc21. The quantitative estimate of drug-likeness (QED) is 0.226. The molecule has 3 aromatic rings. The fraction of sp³-hybridized carbons (Fsp3) is 0.484. The first kappa shape index (κ1) is 27.2. The summed E-state index contributed by atoms with van der Waals surface area (Å²) < 4.78 is 13.1. The fourth-order valence-electron chi connectivity index (χ4n) is 6.25. The predicted octanol–water partition coefficient (Wildman–Crippen LogP) is 6.39. The summed E-state index contributed by atoms with van der Waals surface area (Å²) in [7, 11) is 1.55. The van der Waals surface area contributed by atoms with E-state index >= 15 is 0 Å². The van der Waals surface area contributed by atoms with E-state index < -0.39 is 29.1 Å². The van der Waals surface area contributed by atoms with Gasteiger partial charge in [0.2, 0.25) is 0 Å². The predicted molar refractivity (Wildman–Crippen MR) is 147 cm³/mol. The highest BCUT2D eigenvalue weighted by Gasteiger charge is 2.48. The van der Waals surface area contributed by atoms with Crippen LogP contribution in [0.15, 0.2) is 36.4 Å². The molecule has 0 saturated heterocycles. The third kappa shape index (κ3) is 4.70. The highest BCUT2D eigenvalue weighted by atomic mass is 17.1. The van der Waals surface area contributed by atoms with Crippen molar-refractivity contribution in [1.29, 1.82) is 0 Å². The van der Waals surface area contributed by atoms with Gasteiger partial charge in [-0.15, -0.1) is 0 Å². The van der Waals surface area contributed by atoms with E-state index in [0.29, 0.717) is 16.9 Å². The molecule has 0 amide bonds. The number of rotatable bonds is 4. The molecule has 2 heterocycles. The molecule has 2 atom stereocenters. The van der Waals surface area contributed by atoms with Gasteiger partial charge in [-0.25, -0.2) is 9.59 Å². The van der Waals surface area contributed by atoms with Gasteiger partial charge in [0.25, 0.3) is 0 Å². The molecule has 1 fully saturated rings. The minimum absolute atomic E-state index is 0.0287. The molecule has 2 aromatic carbocycles. The van der Waals surface area contributed by atoms with Gasteiger partial charge in [-0.3, -0.25) is 0 Å². The highest BCUT2D eigenvalue weighted by molar-refractivity contribution is 5.99. The Kier molecular flexibility index (Phi) is 6.97. The molecule has 5 rings (SSSR count). The van der Waals surface area contributed by atoms with Crippen LogP contribution in [0.5, 0.6) is 5.75 Å². The van der Waals surface area contributed by atoms with Crippen LogP contribution < -0.4 is 4.74 Å². The number of hydrogen-bond acceptors (Lipinski definition) is 7. The Morgan fingerprint density at radius 2 is 1.77 bits per heavy atom. The van der Waals surface area contributed by atoms with Crippen LogP contribution in [-0.4, -0.2) is 39.6 Å². The number of esters is 1. The van der Waals surface area contributed by atoms with Gasteiger partial charge in [-0.2, -0.15) is 5.26 Å². The molecule has 1 aliphatic heterocycles. The van der Waals surface area contributed by atoms with E-state index in [1.165, 1.54) is 6.42 Å². The number of ether oxygens (including phenoxy) is 2. The minimum Gasteiger partial charge on any atom is -0.497 e. The number of methoxy groups -OCH3 is 1. The molecular formula is C31H37NO7. The van der Waals surface area contributed by atoms with Crippen molar-refractivity contribution in [1.82, 2.24) is 4.57 Å². The molecule has 8 heteroatoms. The largest absolute Gasteiger partial charge is 0.497 e. The monoisotopic (exact) mass is 535 g/mol. The summed E-state index contributed by atoms with van der Waals surface area (Å²) in [5.41, 5.74) is 2.35. The van der Waals surface area contributed by atoms with Gasteiger partial charge in [0.15, 0.2) is 0 Å². The third-order valence-electron chi connectivity index (χ3n) is 8.20. The summed E-state index contributed by atoms with van der Waals surface area (Å²) >= 11 is 0. The first-order valence-corrected chi connectivity index (χ1v) is 13.6. The van der Waals surface area contributed by atoms with Gasteiger partial charge in [-0.05, 0) is 87.9 Å². The van der Waals surface area contributed by atoms with Crippen molar-refractivity contribution >= 4 is 22.8 Å². The number of carbonyl (C=O) groups excluding carboxylic acids is 2. The van der Waals surface area contributed by atoms with Crippen molar-refractivity contribution in [3.8, 4) is 17.0 Å². The van der Waals surface area contributed by atoms with Crippen molar-refractivity contribution in [2.45, 2.75) is 84.0 Å². The lowest BCUT2D eigenvalue weighted by Gasteiger charge is -2.30. The van der Waals surface area contributed by atoms with E-state index in [9.17, 15) is 20.0 Å². The standard InChI is InChI=1S/C31H37NO7/c1-30(2,3)38-28(34)19-11-13-22-24(15-19)32-17-31(4,29(35)39-36)27(33)23-16-20(37-5)12-14-21(23)26(32)25(22)18-9-7-6-8-10-18/h11-16,18,27,33,36H,6-10,17H2,1-5H3/t27-,31-/m0/s1. The molecule has 2 N–H and O–H groups in total. The normalized spacial score (nSPS) is 21.6. The van der Waals surface area contributed by atoms with Crippen molar-refractivity contribution in [2.24, 2.45) is 5.41 Å². The van der Waals surface area contributed by atoms with Crippen LogP contribution in [0.25, 0.3) is 22.2 Å². The van der Waals surface area contributed by atoms with Crippen LogP contribution in [0.2, 0.25) is 0 Å². The molecular weight excluding hydrogens is 498 g/mol. The Morgan fingerprint density at radius 1 is 1.05 bits per heavy atom. The van der Waals surface area contributed by atoms with Gasteiger partial charge in [0.05, 0.1) is 24.5 Å². The fourth-order valence-corrected chi connectivity index (χ4v) is 6.25. The second kappa shape index (κ2) is 9.99. The van der Waals surface area contributed by atoms with E-state index in [1.807, 2.05) is 49.6 Å². The lowest BCUT2D eigenvalue weighted by atomic mass is 9.78. The summed E-state index contributed by atoms with van der Waals surface area (Å²) in [4.78, 5) is 30.3. The summed E-state index contributed by atoms with van der Waals surface area (Å²) in [5.74, 6) is -0.550. The van der Waals surface area contributed by atoms with Gasteiger partial charge >= 0.3 is 11.9 Å². The average molecular weight is 536 g/mol. The van der Waals surface area contributed by atoms with E-state index in [1.54, 1.807) is 26.2 Å². The molecule has 0 radical (unpaired) electrons. The second-order valence-corrected chi connectivity index (χ2v) is 12.1. The van der Waals surface area contributed by atoms with E-state index in [-0.39, 0.29) is 12.5 Å². The Morgan fingerprint density at radius 3 is 2.41 bits per heavy atom. The third-order valence-corrected chi connectivity index (χ3v) is 8.20. The van der Waals surface area contributed by atoms with Crippen molar-refractivity contribution in [3.63, 3.8) is 0 Å². The van der Waals surface area contributed by atoms with E-state index in [2.05, 4.69) is 4.89 Å². The van der Waals surface area contributed by atoms with Crippen molar-refractivity contribution in [2.75, 3.05) is 7.11 Å². The van der Waals surface area contributed by atoms with Crippen LogP contribution in [-0.2, 0) is 21.0 Å². The second-order valence-electron chi connectivity index (χ2n) is 12.1. The molecule has 1 aliphatic carbocycles. The van der Waals surface area contributed by atoms with Crippen LogP contribution in [0.1, 0.15) is 93.3 Å². The van der Waals surface area contributed by atoms with Crippen LogP contribution in [0, 0.1) is 5.41 Å². The number of nitrogens with zero attached hydrogens (tertiary/aromatic N) is 1. The number of hydrogen-bond donors (Lipinski definition) is 2. The van der Waals surface area contributed by atoms with E-state index in [4.69, 9.17) is 9.47 Å². The number of carbonyl (C=O) groups is 2. The number of benzene rings is 2. The maximum absolute atomic E-state index is 13.1. The van der Waals surface area contributed by atoms with Crippen molar-refractivity contribution < 1.29 is 34.3 Å². The summed E-state index contributed by atoms with van der Waals surface area (Å²) in [6, 6.07) is 11.1. The highest BCUT2D eigenvalue weighted by Crippen LogP contribution is 2.52. The number of aliphatic hydroxyl groups is 1. The van der Waals surface area contributed by atoms with E-state index in [0.717, 1.165) is 53.4 Å². The molecule has 2 aliphatic rings. The molecule has 1 saturated carbocycles. The van der Waals surface area contributed by atoms with Crippen LogP contribution in [0.4, 0.5) is 0 Å². The smallest absolute Gasteiger partial charge is 0.352 e. The Labute approximate surface area is 228 Å². The first-order valence-electron chi connectivity index (χ1n) is 13.6. The maximum atomic E-state index is 13.1. The molecule has 0 bridgehead atoms. The lowest BCUT2D eigenvalue weighted by molar-refractivity contribution is -0.250. The Bertz CT molecular complexity index is 1430.